The van der Waals surface area contributed by atoms with Crippen LogP contribution in [0.4, 0.5) is 10.5 Å². The van der Waals surface area contributed by atoms with Crippen LogP contribution in [0, 0.1) is 0 Å². The van der Waals surface area contributed by atoms with Crippen molar-refractivity contribution in [3.63, 3.8) is 0 Å². The number of carboxylic acids is 1. The molecule has 0 atom stereocenters. The first-order chi connectivity index (χ1) is 8.97. The van der Waals surface area contributed by atoms with Gasteiger partial charge < -0.3 is 20.4 Å². The molecule has 19 heavy (non-hydrogen) atoms. The zero-order valence-electron chi connectivity index (χ0n) is 11.0. The van der Waals surface area contributed by atoms with E-state index in [2.05, 4.69) is 5.32 Å². The van der Waals surface area contributed by atoms with E-state index in [-0.39, 0.29) is 23.9 Å². The third-order valence-electron chi connectivity index (χ3n) is 2.71. The van der Waals surface area contributed by atoms with Crippen molar-refractivity contribution in [3.05, 3.63) is 23.8 Å². The van der Waals surface area contributed by atoms with Crippen LogP contribution >= 0.6 is 0 Å². The Morgan fingerprint density at radius 3 is 2.42 bits per heavy atom. The minimum Gasteiger partial charge on any atom is -0.506 e. The molecule has 0 aromatic heterocycles. The molecule has 6 nitrogen and oxygen atoms in total. The van der Waals surface area contributed by atoms with Gasteiger partial charge in [-0.3, -0.25) is 4.79 Å². The summed E-state index contributed by atoms with van der Waals surface area (Å²) >= 11 is 0. The first-order valence-electron chi connectivity index (χ1n) is 6.07. The number of aromatic hydroxyl groups is 1. The molecular weight excluding hydrogens is 248 g/mol. The van der Waals surface area contributed by atoms with E-state index in [1.807, 2.05) is 13.8 Å². The minimum atomic E-state index is -0.966. The number of phenols is 1. The lowest BCUT2D eigenvalue weighted by Gasteiger charge is -2.19. The summed E-state index contributed by atoms with van der Waals surface area (Å²) in [5, 5.41) is 20.9. The number of hydrogen-bond donors (Lipinski definition) is 3. The van der Waals surface area contributed by atoms with Crippen LogP contribution in [0.3, 0.4) is 0 Å². The van der Waals surface area contributed by atoms with Crippen LogP contribution in [-0.2, 0) is 11.2 Å². The van der Waals surface area contributed by atoms with Crippen LogP contribution < -0.4 is 5.32 Å². The second-order valence-corrected chi connectivity index (χ2v) is 4.02. The number of carbonyl (C=O) groups is 2. The normalized spacial score (nSPS) is 10.0. The Hall–Kier alpha value is -2.24. The molecule has 0 spiro atoms. The van der Waals surface area contributed by atoms with Crippen molar-refractivity contribution in [1.29, 1.82) is 0 Å². The van der Waals surface area contributed by atoms with Crippen molar-refractivity contribution in [2.24, 2.45) is 0 Å². The molecule has 2 amide bonds. The number of amides is 2. The topological polar surface area (TPSA) is 89.9 Å². The van der Waals surface area contributed by atoms with E-state index in [1.54, 1.807) is 4.90 Å². The van der Waals surface area contributed by atoms with Gasteiger partial charge in [0.25, 0.3) is 0 Å². The largest absolute Gasteiger partial charge is 0.506 e. The zero-order valence-corrected chi connectivity index (χ0v) is 11.0. The van der Waals surface area contributed by atoms with E-state index in [0.717, 1.165) is 0 Å². The number of aliphatic carboxylic acids is 1. The van der Waals surface area contributed by atoms with Gasteiger partial charge in [-0.15, -0.1) is 0 Å². The van der Waals surface area contributed by atoms with Crippen LogP contribution in [0.5, 0.6) is 5.75 Å². The second-order valence-electron chi connectivity index (χ2n) is 4.02. The van der Waals surface area contributed by atoms with Gasteiger partial charge in [0.05, 0.1) is 12.1 Å². The van der Waals surface area contributed by atoms with Crippen LogP contribution in [-0.4, -0.2) is 40.2 Å². The van der Waals surface area contributed by atoms with E-state index in [4.69, 9.17) is 5.11 Å². The molecule has 104 valence electrons. The van der Waals surface area contributed by atoms with Crippen molar-refractivity contribution in [2.45, 2.75) is 20.3 Å². The monoisotopic (exact) mass is 266 g/mol. The van der Waals surface area contributed by atoms with Gasteiger partial charge in [0.2, 0.25) is 0 Å². The first kappa shape index (κ1) is 14.8. The molecule has 6 heteroatoms. The fourth-order valence-corrected chi connectivity index (χ4v) is 1.67. The summed E-state index contributed by atoms with van der Waals surface area (Å²) in [7, 11) is 0. The molecule has 0 unspecified atom stereocenters. The fourth-order valence-electron chi connectivity index (χ4n) is 1.67. The molecule has 0 heterocycles. The number of carbonyl (C=O) groups excluding carboxylic acids is 1. The van der Waals surface area contributed by atoms with Crippen LogP contribution in [0.15, 0.2) is 18.2 Å². The smallest absolute Gasteiger partial charge is 0.321 e. The Morgan fingerprint density at radius 1 is 1.26 bits per heavy atom. The maximum Gasteiger partial charge on any atom is 0.321 e. The van der Waals surface area contributed by atoms with Gasteiger partial charge in [-0.05, 0) is 31.5 Å². The number of nitrogens with one attached hydrogen (secondary N) is 1. The van der Waals surface area contributed by atoms with Crippen molar-refractivity contribution >= 4 is 17.7 Å². The van der Waals surface area contributed by atoms with Crippen molar-refractivity contribution < 1.29 is 19.8 Å². The molecule has 3 N–H and O–H groups in total. The third kappa shape index (κ3) is 4.17. The number of anilines is 1. The highest BCUT2D eigenvalue weighted by Gasteiger charge is 2.12. The number of benzene rings is 1. The number of rotatable bonds is 5. The van der Waals surface area contributed by atoms with Crippen LogP contribution in [0.25, 0.3) is 0 Å². The average Bonchev–Trinajstić information content (AvgIpc) is 2.34. The highest BCUT2D eigenvalue weighted by Crippen LogP contribution is 2.24. The molecule has 1 aromatic carbocycles. The van der Waals surface area contributed by atoms with Gasteiger partial charge in [-0.1, -0.05) is 6.07 Å². The molecule has 0 aliphatic rings. The molecular formula is C13H18N2O4. The Labute approximate surface area is 111 Å². The summed E-state index contributed by atoms with van der Waals surface area (Å²) in [6.07, 6.45) is -0.158. The fraction of sp³-hybridized carbons (Fsp3) is 0.385. The SMILES string of the molecule is CCN(CC)C(=O)Nc1cc(CC(=O)O)ccc1O. The van der Waals surface area contributed by atoms with Crippen LogP contribution in [0.1, 0.15) is 19.4 Å². The standard InChI is InChI=1S/C13H18N2O4/c1-3-15(4-2)13(19)14-10-7-9(8-12(17)18)5-6-11(10)16/h5-7,16H,3-4,8H2,1-2H3,(H,14,19)(H,17,18). The summed E-state index contributed by atoms with van der Waals surface area (Å²) in [5.41, 5.74) is 0.732. The lowest BCUT2D eigenvalue weighted by molar-refractivity contribution is -0.136. The molecule has 1 rings (SSSR count). The van der Waals surface area contributed by atoms with Gasteiger partial charge in [0.1, 0.15) is 5.75 Å². The summed E-state index contributed by atoms with van der Waals surface area (Å²) in [5.74, 6) is -1.05. The molecule has 0 bridgehead atoms. The Balaban J connectivity index is 2.87. The van der Waals surface area contributed by atoms with E-state index >= 15 is 0 Å². The number of urea groups is 1. The zero-order chi connectivity index (χ0) is 14.4. The molecule has 0 saturated heterocycles. The minimum absolute atomic E-state index is 0.0883. The quantitative estimate of drug-likeness (QED) is 0.710. The van der Waals surface area contributed by atoms with E-state index in [1.165, 1.54) is 18.2 Å². The van der Waals surface area contributed by atoms with Gasteiger partial charge in [0, 0.05) is 13.1 Å². The molecule has 1 aromatic rings. The van der Waals surface area contributed by atoms with Crippen molar-refractivity contribution in [3.8, 4) is 5.75 Å². The summed E-state index contributed by atoms with van der Waals surface area (Å²) < 4.78 is 0. The van der Waals surface area contributed by atoms with Crippen LogP contribution in [0.2, 0.25) is 0 Å². The second kappa shape index (κ2) is 6.63. The predicted octanol–water partition coefficient (Wildman–Crippen LogP) is 1.89. The molecule has 0 aliphatic carbocycles. The van der Waals surface area contributed by atoms with Gasteiger partial charge in [-0.25, -0.2) is 4.79 Å². The highest BCUT2D eigenvalue weighted by molar-refractivity contribution is 5.91. The lowest BCUT2D eigenvalue weighted by Crippen LogP contribution is -2.34. The number of phenolic OH excluding ortho intramolecular Hbond substituents is 1. The Morgan fingerprint density at radius 2 is 1.89 bits per heavy atom. The first-order valence-corrected chi connectivity index (χ1v) is 6.07. The maximum absolute atomic E-state index is 11.8. The van der Waals surface area contributed by atoms with Gasteiger partial charge in [-0.2, -0.15) is 0 Å². The van der Waals surface area contributed by atoms with E-state index < -0.39 is 5.97 Å². The summed E-state index contributed by atoms with van der Waals surface area (Å²) in [6, 6.07) is 4.02. The highest BCUT2D eigenvalue weighted by atomic mass is 16.4. The molecule has 0 radical (unpaired) electrons. The Kier molecular flexibility index (Phi) is 5.17. The number of nitrogens with zero attached hydrogens (tertiary/aromatic N) is 1. The molecule has 0 saturated carbocycles. The number of hydrogen-bond acceptors (Lipinski definition) is 3. The third-order valence-corrected chi connectivity index (χ3v) is 2.71. The van der Waals surface area contributed by atoms with E-state index in [0.29, 0.717) is 18.7 Å². The van der Waals surface area contributed by atoms with E-state index in [9.17, 15) is 14.7 Å². The van der Waals surface area contributed by atoms with Gasteiger partial charge in [0.15, 0.2) is 0 Å². The number of carboxylic acid groups (broad SMARTS) is 1. The van der Waals surface area contributed by atoms with Crippen molar-refractivity contribution in [1.82, 2.24) is 4.90 Å². The summed E-state index contributed by atoms with van der Waals surface area (Å²) in [6.45, 7) is 4.81. The predicted molar refractivity (Wildman–Crippen MR) is 71.4 cm³/mol. The van der Waals surface area contributed by atoms with Crippen molar-refractivity contribution in [2.75, 3.05) is 18.4 Å². The maximum atomic E-state index is 11.8. The summed E-state index contributed by atoms with van der Waals surface area (Å²) in [4.78, 5) is 24.0. The van der Waals surface area contributed by atoms with Gasteiger partial charge >= 0.3 is 12.0 Å². The average molecular weight is 266 g/mol. The molecule has 0 aliphatic heterocycles. The molecule has 0 fully saturated rings. The Bertz CT molecular complexity index is 470. The lowest BCUT2D eigenvalue weighted by atomic mass is 10.1.